The highest BCUT2D eigenvalue weighted by Crippen LogP contribution is 2.37. The highest BCUT2D eigenvalue weighted by molar-refractivity contribution is 6.03. The van der Waals surface area contributed by atoms with E-state index in [0.717, 1.165) is 11.1 Å². The molecule has 2 aliphatic rings. The average molecular weight is 431 g/mol. The number of carbonyl (C=O) groups is 1. The van der Waals surface area contributed by atoms with Crippen LogP contribution < -0.4 is 15.0 Å². The molecule has 0 saturated heterocycles. The Morgan fingerprint density at radius 3 is 2.47 bits per heavy atom. The maximum absolute atomic E-state index is 13.9. The van der Waals surface area contributed by atoms with Gasteiger partial charge >= 0.3 is 6.03 Å². The number of ether oxygens (including phenoxy) is 1. The number of anilines is 2. The third-order valence-corrected chi connectivity index (χ3v) is 6.50. The van der Waals surface area contributed by atoms with E-state index in [-0.39, 0.29) is 11.7 Å². The van der Waals surface area contributed by atoms with Crippen LogP contribution in [-0.2, 0) is 0 Å². The van der Waals surface area contributed by atoms with Crippen molar-refractivity contribution in [2.75, 3.05) is 23.4 Å². The van der Waals surface area contributed by atoms with Crippen LogP contribution in [0.5, 0.6) is 5.75 Å². The summed E-state index contributed by atoms with van der Waals surface area (Å²) < 4.78 is 19.8. The van der Waals surface area contributed by atoms with E-state index in [1.807, 2.05) is 18.2 Å². The number of halogens is 1. The molecule has 3 aromatic carbocycles. The van der Waals surface area contributed by atoms with Crippen molar-refractivity contribution in [1.29, 1.82) is 0 Å². The van der Waals surface area contributed by atoms with Crippen LogP contribution in [0.1, 0.15) is 43.6 Å². The molecule has 1 fully saturated rings. The zero-order valence-corrected chi connectivity index (χ0v) is 18.0. The maximum Gasteiger partial charge on any atom is 0.326 e. The number of rotatable bonds is 3. The average Bonchev–Trinajstić information content (AvgIpc) is 2.85. The molecule has 0 radical (unpaired) electrons. The summed E-state index contributed by atoms with van der Waals surface area (Å²) in [7, 11) is 0. The van der Waals surface area contributed by atoms with Gasteiger partial charge in [-0.05, 0) is 59.7 Å². The molecule has 1 heterocycles. The van der Waals surface area contributed by atoms with Crippen LogP contribution in [0.2, 0.25) is 0 Å². The van der Waals surface area contributed by atoms with Gasteiger partial charge in [0.2, 0.25) is 0 Å². The fraction of sp³-hybridized carbons (Fsp3) is 0.296. The van der Waals surface area contributed by atoms with Gasteiger partial charge in [-0.3, -0.25) is 4.90 Å². The van der Waals surface area contributed by atoms with Crippen molar-refractivity contribution >= 4 is 17.4 Å². The molecule has 164 valence electrons. The van der Waals surface area contributed by atoms with Crippen LogP contribution in [0.25, 0.3) is 11.1 Å². The second-order valence-corrected chi connectivity index (χ2v) is 8.55. The Morgan fingerprint density at radius 2 is 1.69 bits per heavy atom. The van der Waals surface area contributed by atoms with Crippen molar-refractivity contribution in [3.8, 4) is 16.9 Å². The van der Waals surface area contributed by atoms with Crippen LogP contribution in [0, 0.1) is 5.82 Å². The van der Waals surface area contributed by atoms with E-state index in [9.17, 15) is 9.18 Å². The molecular formula is C27H27FN2O2. The number of amides is 2. The lowest BCUT2D eigenvalue weighted by molar-refractivity contribution is 0.250. The Labute approximate surface area is 188 Å². The van der Waals surface area contributed by atoms with Gasteiger partial charge in [0.1, 0.15) is 18.2 Å². The van der Waals surface area contributed by atoms with E-state index >= 15 is 0 Å². The monoisotopic (exact) mass is 430 g/mol. The van der Waals surface area contributed by atoms with Gasteiger partial charge in [0.05, 0.1) is 17.9 Å². The lowest BCUT2D eigenvalue weighted by Crippen LogP contribution is -2.40. The largest absolute Gasteiger partial charge is 0.490 e. The van der Waals surface area contributed by atoms with Gasteiger partial charge in [-0.15, -0.1) is 0 Å². The first-order valence-corrected chi connectivity index (χ1v) is 11.4. The summed E-state index contributed by atoms with van der Waals surface area (Å²) in [4.78, 5) is 14.4. The topological polar surface area (TPSA) is 41.6 Å². The molecule has 3 aromatic rings. The predicted molar refractivity (Wildman–Crippen MR) is 126 cm³/mol. The first-order valence-electron chi connectivity index (χ1n) is 11.4. The molecule has 1 aliphatic carbocycles. The zero-order chi connectivity index (χ0) is 21.9. The number of benzene rings is 3. The Morgan fingerprint density at radius 1 is 0.938 bits per heavy atom. The highest BCUT2D eigenvalue weighted by Gasteiger charge is 2.25. The molecular weight excluding hydrogens is 403 g/mol. The van der Waals surface area contributed by atoms with Crippen LogP contribution in [0.3, 0.4) is 0 Å². The summed E-state index contributed by atoms with van der Waals surface area (Å²) in [6, 6.07) is 20.5. The second-order valence-electron chi connectivity index (χ2n) is 8.55. The van der Waals surface area contributed by atoms with E-state index in [0.29, 0.717) is 30.5 Å². The molecule has 2 amide bonds. The first-order chi connectivity index (χ1) is 15.7. The SMILES string of the molecule is O=C(Nc1ccccc1F)N1CCOc2cc(-c3ccc(C4CCCCC4)cc3)ccc21. The third kappa shape index (κ3) is 4.20. The summed E-state index contributed by atoms with van der Waals surface area (Å²) in [5.41, 5.74) is 4.46. The number of hydrogen-bond donors (Lipinski definition) is 1. The predicted octanol–water partition coefficient (Wildman–Crippen LogP) is 6.97. The quantitative estimate of drug-likeness (QED) is 0.487. The van der Waals surface area contributed by atoms with Crippen LogP contribution >= 0.6 is 0 Å². The van der Waals surface area contributed by atoms with Crippen molar-refractivity contribution in [3.63, 3.8) is 0 Å². The molecule has 5 rings (SSSR count). The van der Waals surface area contributed by atoms with Crippen molar-refractivity contribution in [1.82, 2.24) is 0 Å². The van der Waals surface area contributed by atoms with Crippen LogP contribution in [-0.4, -0.2) is 19.2 Å². The number of hydrogen-bond acceptors (Lipinski definition) is 2. The minimum absolute atomic E-state index is 0.167. The highest BCUT2D eigenvalue weighted by atomic mass is 19.1. The summed E-state index contributed by atoms with van der Waals surface area (Å²) in [5, 5.41) is 2.66. The molecule has 32 heavy (non-hydrogen) atoms. The third-order valence-electron chi connectivity index (χ3n) is 6.50. The summed E-state index contributed by atoms with van der Waals surface area (Å²) in [6.45, 7) is 0.796. The minimum atomic E-state index is -0.457. The Hall–Kier alpha value is -3.34. The van der Waals surface area contributed by atoms with Gasteiger partial charge < -0.3 is 10.1 Å². The minimum Gasteiger partial charge on any atom is -0.490 e. The lowest BCUT2D eigenvalue weighted by atomic mass is 9.84. The van der Waals surface area contributed by atoms with E-state index in [2.05, 4.69) is 29.6 Å². The van der Waals surface area contributed by atoms with Gasteiger partial charge in [-0.2, -0.15) is 0 Å². The normalized spacial score (nSPS) is 16.2. The van der Waals surface area contributed by atoms with Crippen molar-refractivity contribution < 1.29 is 13.9 Å². The van der Waals surface area contributed by atoms with Gasteiger partial charge in [0.25, 0.3) is 0 Å². The first kappa shape index (κ1) is 20.6. The summed E-state index contributed by atoms with van der Waals surface area (Å²) >= 11 is 0. The van der Waals surface area contributed by atoms with Gasteiger partial charge in [0.15, 0.2) is 0 Å². The number of nitrogens with one attached hydrogen (secondary N) is 1. The molecule has 4 nitrogen and oxygen atoms in total. The van der Waals surface area contributed by atoms with Crippen molar-refractivity contribution in [2.45, 2.75) is 38.0 Å². The molecule has 1 aliphatic heterocycles. The molecule has 0 aromatic heterocycles. The van der Waals surface area contributed by atoms with Crippen molar-refractivity contribution in [3.05, 3.63) is 78.1 Å². The van der Waals surface area contributed by atoms with Gasteiger partial charge in [-0.1, -0.05) is 61.7 Å². The Balaban J connectivity index is 1.35. The Bertz CT molecular complexity index is 1110. The molecule has 0 atom stereocenters. The summed E-state index contributed by atoms with van der Waals surface area (Å²) in [6.07, 6.45) is 6.60. The summed E-state index contributed by atoms with van der Waals surface area (Å²) in [5.74, 6) is 0.890. The van der Waals surface area contributed by atoms with Gasteiger partial charge in [-0.25, -0.2) is 9.18 Å². The number of para-hydroxylation sites is 1. The zero-order valence-electron chi connectivity index (χ0n) is 18.0. The second kappa shape index (κ2) is 9.03. The van der Waals surface area contributed by atoms with E-state index in [1.165, 1.54) is 43.7 Å². The Kier molecular flexibility index (Phi) is 5.80. The number of carbonyl (C=O) groups excluding carboxylic acids is 1. The van der Waals surface area contributed by atoms with Crippen LogP contribution in [0.4, 0.5) is 20.6 Å². The fourth-order valence-electron chi connectivity index (χ4n) is 4.74. The number of fused-ring (bicyclic) bond motifs is 1. The number of nitrogens with zero attached hydrogens (tertiary/aromatic N) is 1. The molecule has 0 spiro atoms. The maximum atomic E-state index is 13.9. The van der Waals surface area contributed by atoms with E-state index in [4.69, 9.17) is 4.74 Å². The van der Waals surface area contributed by atoms with E-state index in [1.54, 1.807) is 23.1 Å². The standard InChI is InChI=1S/C27H27FN2O2/c28-23-8-4-5-9-24(23)29-27(31)30-16-17-32-26-18-22(14-15-25(26)30)21-12-10-20(11-13-21)19-6-2-1-3-7-19/h4-5,8-15,18-19H,1-3,6-7,16-17H2,(H,29,31). The van der Waals surface area contributed by atoms with E-state index < -0.39 is 5.82 Å². The molecule has 1 saturated carbocycles. The lowest BCUT2D eigenvalue weighted by Gasteiger charge is -2.30. The van der Waals surface area contributed by atoms with Gasteiger partial charge in [0, 0.05) is 0 Å². The van der Waals surface area contributed by atoms with Crippen molar-refractivity contribution in [2.24, 2.45) is 0 Å². The molecule has 5 heteroatoms. The molecule has 0 bridgehead atoms. The fourth-order valence-corrected chi connectivity index (χ4v) is 4.74. The molecule has 1 N–H and O–H groups in total. The smallest absolute Gasteiger partial charge is 0.326 e. The molecule has 0 unspecified atom stereocenters. The van der Waals surface area contributed by atoms with Crippen LogP contribution in [0.15, 0.2) is 66.7 Å². The number of urea groups is 1.